The van der Waals surface area contributed by atoms with Gasteiger partial charge in [0.25, 0.3) is 10.0 Å². The molecule has 30 heavy (non-hydrogen) atoms. The van der Waals surface area contributed by atoms with Gasteiger partial charge in [-0.1, -0.05) is 17.7 Å². The Kier molecular flexibility index (Phi) is 8.64. The van der Waals surface area contributed by atoms with Gasteiger partial charge in [0.15, 0.2) is 0 Å². The number of carbonyl (C=O) groups is 2. The van der Waals surface area contributed by atoms with Crippen molar-refractivity contribution in [3.05, 3.63) is 29.8 Å². The van der Waals surface area contributed by atoms with E-state index in [1.807, 2.05) is 6.92 Å². The molecule has 0 saturated carbocycles. The monoisotopic (exact) mass is 442 g/mol. The molecule has 1 atom stereocenters. The third-order valence-electron chi connectivity index (χ3n) is 3.92. The fourth-order valence-electron chi connectivity index (χ4n) is 2.37. The third-order valence-corrected chi connectivity index (χ3v) is 5.29. The number of hydrogen-bond acceptors (Lipinski definition) is 6. The average molecular weight is 443 g/mol. The summed E-state index contributed by atoms with van der Waals surface area (Å²) in [7, 11) is -2.51. The summed E-state index contributed by atoms with van der Waals surface area (Å²) < 4.78 is 31.9. The van der Waals surface area contributed by atoms with Crippen LogP contribution >= 0.6 is 0 Å². The highest BCUT2D eigenvalue weighted by Gasteiger charge is 2.29. The second-order valence-electron chi connectivity index (χ2n) is 7.77. The number of amides is 1. The molecule has 0 radical (unpaired) electrons. The number of nitrogens with one attached hydrogen (secondary N) is 1. The fourth-order valence-corrected chi connectivity index (χ4v) is 3.33. The molecule has 0 aliphatic heterocycles. The first-order valence-corrected chi connectivity index (χ1v) is 10.8. The summed E-state index contributed by atoms with van der Waals surface area (Å²) in [5.74, 6) is -1.48. The molecule has 0 spiro atoms. The fraction of sp³-hybridized carbons (Fsp3) is 0.526. The third kappa shape index (κ3) is 8.27. The molecule has 168 valence electrons. The molecule has 11 heteroatoms. The summed E-state index contributed by atoms with van der Waals surface area (Å²) in [5, 5.41) is 9.40. The Morgan fingerprint density at radius 1 is 1.27 bits per heavy atom. The number of carboxylic acids is 1. The Bertz CT molecular complexity index is 875. The summed E-state index contributed by atoms with van der Waals surface area (Å²) in [5.41, 5.74) is 5.81. The number of sulfonamides is 1. The summed E-state index contributed by atoms with van der Waals surface area (Å²) in [6.45, 7) is 6.97. The molecule has 1 aromatic rings. The van der Waals surface area contributed by atoms with Gasteiger partial charge >= 0.3 is 12.1 Å². The van der Waals surface area contributed by atoms with E-state index in [-0.39, 0.29) is 30.2 Å². The van der Waals surface area contributed by atoms with Crippen LogP contribution in [0.4, 0.5) is 4.79 Å². The van der Waals surface area contributed by atoms with Crippen LogP contribution in [0.3, 0.4) is 0 Å². The molecule has 10 nitrogen and oxygen atoms in total. The zero-order chi connectivity index (χ0) is 23.1. The van der Waals surface area contributed by atoms with Crippen LogP contribution in [0, 0.1) is 6.92 Å². The number of rotatable bonds is 8. The quantitative estimate of drug-likeness (QED) is 0.315. The van der Waals surface area contributed by atoms with Crippen LogP contribution in [0.15, 0.2) is 34.2 Å². The Balaban J connectivity index is 2.65. The molecule has 1 amide bonds. The van der Waals surface area contributed by atoms with E-state index in [1.165, 1.54) is 19.2 Å². The lowest BCUT2D eigenvalue weighted by atomic mass is 10.1. The van der Waals surface area contributed by atoms with Crippen LogP contribution in [-0.2, 0) is 19.6 Å². The molecule has 0 bridgehead atoms. The molecule has 0 saturated heterocycles. The molecular weight excluding hydrogens is 412 g/mol. The predicted molar refractivity (Wildman–Crippen MR) is 113 cm³/mol. The van der Waals surface area contributed by atoms with Crippen LogP contribution in [-0.4, -0.2) is 61.7 Å². The van der Waals surface area contributed by atoms with Gasteiger partial charge in [-0.15, -0.1) is 0 Å². The van der Waals surface area contributed by atoms with E-state index in [0.717, 1.165) is 10.5 Å². The van der Waals surface area contributed by atoms with Crippen molar-refractivity contribution >= 4 is 28.0 Å². The Morgan fingerprint density at radius 3 is 2.33 bits per heavy atom. The van der Waals surface area contributed by atoms with Gasteiger partial charge in [-0.3, -0.25) is 9.89 Å². The van der Waals surface area contributed by atoms with Gasteiger partial charge in [-0.25, -0.2) is 22.7 Å². The SMILES string of the molecule is Cc1ccc(S(=O)(=O)NC(N)=NCCCC(C(=O)O)N(C)C(=O)OC(C)(C)C)cc1. The van der Waals surface area contributed by atoms with E-state index in [0.29, 0.717) is 0 Å². The maximum Gasteiger partial charge on any atom is 0.410 e. The van der Waals surface area contributed by atoms with Gasteiger partial charge in [-0.2, -0.15) is 0 Å². The van der Waals surface area contributed by atoms with E-state index in [1.54, 1.807) is 32.9 Å². The number of nitrogens with two attached hydrogens (primary N) is 1. The average Bonchev–Trinajstić information content (AvgIpc) is 2.59. The molecule has 0 aliphatic carbocycles. The summed E-state index contributed by atoms with van der Waals surface area (Å²) in [4.78, 5) is 28.6. The predicted octanol–water partition coefficient (Wildman–Crippen LogP) is 1.69. The van der Waals surface area contributed by atoms with Crippen LogP contribution in [0.25, 0.3) is 0 Å². The van der Waals surface area contributed by atoms with Crippen molar-refractivity contribution in [2.45, 2.75) is 57.1 Å². The van der Waals surface area contributed by atoms with E-state index in [9.17, 15) is 23.1 Å². The van der Waals surface area contributed by atoms with E-state index in [4.69, 9.17) is 10.5 Å². The minimum atomic E-state index is -3.85. The number of benzene rings is 1. The molecule has 0 aromatic heterocycles. The van der Waals surface area contributed by atoms with Gasteiger partial charge in [-0.05, 0) is 52.7 Å². The molecular formula is C19H30N4O6S. The summed E-state index contributed by atoms with van der Waals surface area (Å²) in [6, 6.07) is 5.12. The minimum absolute atomic E-state index is 0.0520. The van der Waals surface area contributed by atoms with Crippen molar-refractivity contribution in [1.29, 1.82) is 0 Å². The largest absolute Gasteiger partial charge is 0.480 e. The molecule has 0 heterocycles. The van der Waals surface area contributed by atoms with Gasteiger partial charge in [0.1, 0.15) is 11.6 Å². The lowest BCUT2D eigenvalue weighted by molar-refractivity contribution is -0.142. The first-order valence-electron chi connectivity index (χ1n) is 9.31. The normalized spacial score (nSPS) is 13.4. The lowest BCUT2D eigenvalue weighted by Crippen LogP contribution is -2.45. The second kappa shape index (κ2) is 10.3. The van der Waals surface area contributed by atoms with Crippen molar-refractivity contribution in [3.8, 4) is 0 Å². The number of aliphatic carboxylic acids is 1. The summed E-state index contributed by atoms with van der Waals surface area (Å²) >= 11 is 0. The van der Waals surface area contributed by atoms with Crippen LogP contribution in [0.2, 0.25) is 0 Å². The van der Waals surface area contributed by atoms with Gasteiger partial charge in [0, 0.05) is 13.6 Å². The van der Waals surface area contributed by atoms with Gasteiger partial charge < -0.3 is 15.6 Å². The number of nitrogens with zero attached hydrogens (tertiary/aromatic N) is 2. The number of hydrogen-bond donors (Lipinski definition) is 3. The standard InChI is InChI=1S/C19H30N4O6S/c1-13-8-10-14(11-9-13)30(27,28)22-17(20)21-12-6-7-15(16(24)25)23(5)18(26)29-19(2,3)4/h8-11,15H,6-7,12H2,1-5H3,(H,24,25)(H3,20,21,22). The zero-order valence-corrected chi connectivity index (χ0v) is 18.7. The smallest absolute Gasteiger partial charge is 0.410 e. The number of aliphatic imine (C=N–C) groups is 1. The van der Waals surface area contributed by atoms with E-state index >= 15 is 0 Å². The molecule has 1 aromatic carbocycles. The van der Waals surface area contributed by atoms with E-state index in [2.05, 4.69) is 9.71 Å². The number of carbonyl (C=O) groups excluding carboxylic acids is 1. The first kappa shape index (κ1) is 25.2. The van der Waals surface area contributed by atoms with Crippen molar-refractivity contribution in [2.75, 3.05) is 13.6 Å². The number of carboxylic acid groups (broad SMARTS) is 1. The van der Waals surface area contributed by atoms with Crippen molar-refractivity contribution in [2.24, 2.45) is 10.7 Å². The van der Waals surface area contributed by atoms with Crippen molar-refractivity contribution in [3.63, 3.8) is 0 Å². The maximum absolute atomic E-state index is 12.3. The number of guanidine groups is 1. The van der Waals surface area contributed by atoms with Gasteiger partial charge in [0.2, 0.25) is 5.96 Å². The highest BCUT2D eigenvalue weighted by molar-refractivity contribution is 7.90. The van der Waals surface area contributed by atoms with E-state index < -0.39 is 33.7 Å². The number of ether oxygens (including phenoxy) is 1. The minimum Gasteiger partial charge on any atom is -0.480 e. The molecule has 1 unspecified atom stereocenters. The van der Waals surface area contributed by atoms with Crippen LogP contribution in [0.1, 0.15) is 39.2 Å². The molecule has 4 N–H and O–H groups in total. The second-order valence-corrected chi connectivity index (χ2v) is 9.46. The summed E-state index contributed by atoms with van der Waals surface area (Å²) in [6.07, 6.45) is -0.396. The highest BCUT2D eigenvalue weighted by Crippen LogP contribution is 2.14. The van der Waals surface area contributed by atoms with Crippen LogP contribution in [0.5, 0.6) is 0 Å². The Labute approximate surface area is 177 Å². The van der Waals surface area contributed by atoms with Crippen molar-refractivity contribution in [1.82, 2.24) is 9.62 Å². The molecule has 1 rings (SSSR count). The zero-order valence-electron chi connectivity index (χ0n) is 17.9. The molecule has 0 fully saturated rings. The lowest BCUT2D eigenvalue weighted by Gasteiger charge is -2.28. The van der Waals surface area contributed by atoms with Crippen molar-refractivity contribution < 1.29 is 27.9 Å². The van der Waals surface area contributed by atoms with Crippen LogP contribution < -0.4 is 10.5 Å². The number of aryl methyl sites for hydroxylation is 1. The Hall–Kier alpha value is -2.82. The molecule has 0 aliphatic rings. The first-order chi connectivity index (χ1) is 13.7. The topological polar surface area (TPSA) is 151 Å². The highest BCUT2D eigenvalue weighted by atomic mass is 32.2. The number of likely N-dealkylation sites (N-methyl/N-ethyl adjacent to an activating group) is 1. The van der Waals surface area contributed by atoms with Gasteiger partial charge in [0.05, 0.1) is 4.90 Å². The Morgan fingerprint density at radius 2 is 1.83 bits per heavy atom. The maximum atomic E-state index is 12.3.